The summed E-state index contributed by atoms with van der Waals surface area (Å²) in [5.74, 6) is 3.11. The first-order chi connectivity index (χ1) is 13.2. The van der Waals surface area contributed by atoms with Gasteiger partial charge in [-0.1, -0.05) is 25.5 Å². The van der Waals surface area contributed by atoms with Gasteiger partial charge in [0.1, 0.15) is 6.61 Å². The number of hydrogen-bond donors (Lipinski definition) is 2. The maximum Gasteiger partial charge on any atom is 0.191 e. The number of rotatable bonds is 6. The van der Waals surface area contributed by atoms with Gasteiger partial charge in [-0.05, 0) is 38.3 Å². The van der Waals surface area contributed by atoms with Crippen molar-refractivity contribution in [1.29, 1.82) is 0 Å². The van der Waals surface area contributed by atoms with Gasteiger partial charge in [0.05, 0.1) is 6.54 Å². The van der Waals surface area contributed by atoms with Crippen molar-refractivity contribution < 1.29 is 13.7 Å². The summed E-state index contributed by atoms with van der Waals surface area (Å²) in [7, 11) is -0.718. The highest BCUT2D eigenvalue weighted by molar-refractivity contribution is 7.85. The van der Waals surface area contributed by atoms with Crippen LogP contribution in [0.3, 0.4) is 0 Å². The van der Waals surface area contributed by atoms with Crippen molar-refractivity contribution in [2.45, 2.75) is 56.9 Å². The molecule has 1 heterocycles. The Bertz CT molecular complexity index is 668. The summed E-state index contributed by atoms with van der Waals surface area (Å²) in [6.07, 6.45) is 4.13. The zero-order valence-electron chi connectivity index (χ0n) is 16.3. The minimum absolute atomic E-state index is 0.0953. The molecule has 0 bridgehead atoms. The third kappa shape index (κ3) is 5.61. The van der Waals surface area contributed by atoms with Crippen molar-refractivity contribution in [3.63, 3.8) is 0 Å². The average Bonchev–Trinajstić information content (AvgIpc) is 2.71. The van der Waals surface area contributed by atoms with E-state index in [2.05, 4.69) is 17.6 Å². The van der Waals surface area contributed by atoms with E-state index < -0.39 is 10.8 Å². The lowest BCUT2D eigenvalue weighted by molar-refractivity contribution is 0.0971. The largest absolute Gasteiger partial charge is 0.486 e. The van der Waals surface area contributed by atoms with E-state index in [0.717, 1.165) is 55.4 Å². The van der Waals surface area contributed by atoms with Gasteiger partial charge in [0.25, 0.3) is 0 Å². The molecule has 0 saturated heterocycles. The molecule has 2 N–H and O–H groups in total. The van der Waals surface area contributed by atoms with Gasteiger partial charge in [0, 0.05) is 34.4 Å². The molecule has 0 aromatic heterocycles. The van der Waals surface area contributed by atoms with Crippen LogP contribution >= 0.6 is 0 Å². The van der Waals surface area contributed by atoms with Crippen LogP contribution in [0.4, 0.5) is 0 Å². The second-order valence-corrected chi connectivity index (χ2v) is 9.02. The molecule has 27 heavy (non-hydrogen) atoms. The Labute approximate surface area is 164 Å². The van der Waals surface area contributed by atoms with E-state index in [1.165, 1.54) is 0 Å². The molecular weight excluding hydrogens is 362 g/mol. The fraction of sp³-hybridized carbons (Fsp3) is 0.650. The molecule has 150 valence electrons. The van der Waals surface area contributed by atoms with Gasteiger partial charge in [0.15, 0.2) is 23.6 Å². The highest BCUT2D eigenvalue weighted by Crippen LogP contribution is 2.30. The highest BCUT2D eigenvalue weighted by atomic mass is 32.2. The number of benzene rings is 1. The zero-order chi connectivity index (χ0) is 19.1. The molecular formula is C20H31N3O3S. The molecule has 1 aliphatic heterocycles. The van der Waals surface area contributed by atoms with Gasteiger partial charge >= 0.3 is 0 Å². The van der Waals surface area contributed by atoms with Crippen molar-refractivity contribution >= 4 is 16.8 Å². The molecule has 1 aromatic carbocycles. The van der Waals surface area contributed by atoms with Crippen molar-refractivity contribution in [3.8, 4) is 11.5 Å². The summed E-state index contributed by atoms with van der Waals surface area (Å²) < 4.78 is 23.9. The van der Waals surface area contributed by atoms with Gasteiger partial charge in [-0.2, -0.15) is 0 Å². The smallest absolute Gasteiger partial charge is 0.191 e. The van der Waals surface area contributed by atoms with Crippen LogP contribution in [-0.4, -0.2) is 53.0 Å². The number of fused-ring (bicyclic) bond motifs is 1. The Balaban J connectivity index is 1.56. The van der Waals surface area contributed by atoms with E-state index in [-0.39, 0.29) is 6.10 Å². The number of hydrogen-bond acceptors (Lipinski definition) is 4. The summed E-state index contributed by atoms with van der Waals surface area (Å²) in [5.41, 5.74) is 0. The quantitative estimate of drug-likeness (QED) is 0.574. The van der Waals surface area contributed by atoms with Gasteiger partial charge < -0.3 is 20.1 Å². The predicted octanol–water partition coefficient (Wildman–Crippen LogP) is 2.46. The molecule has 1 aromatic rings. The Morgan fingerprint density at radius 2 is 2.07 bits per heavy atom. The minimum atomic E-state index is -0.718. The molecule has 1 fully saturated rings. The second kappa shape index (κ2) is 9.97. The van der Waals surface area contributed by atoms with Gasteiger partial charge in [-0.3, -0.25) is 4.21 Å². The molecule has 4 unspecified atom stereocenters. The molecule has 1 saturated carbocycles. The van der Waals surface area contributed by atoms with E-state index in [9.17, 15) is 4.21 Å². The third-order valence-electron chi connectivity index (χ3n) is 4.99. The van der Waals surface area contributed by atoms with Crippen LogP contribution < -0.4 is 20.1 Å². The van der Waals surface area contributed by atoms with Crippen molar-refractivity contribution in [1.82, 2.24) is 10.6 Å². The fourth-order valence-corrected chi connectivity index (χ4v) is 4.96. The fourth-order valence-electron chi connectivity index (χ4n) is 3.61. The van der Waals surface area contributed by atoms with Gasteiger partial charge in [-0.15, -0.1) is 0 Å². The maximum atomic E-state index is 12.2. The van der Waals surface area contributed by atoms with Crippen LogP contribution in [0.5, 0.6) is 11.5 Å². The van der Waals surface area contributed by atoms with Crippen molar-refractivity contribution in [3.05, 3.63) is 24.3 Å². The minimum Gasteiger partial charge on any atom is -0.486 e. The summed E-state index contributed by atoms with van der Waals surface area (Å²) in [6, 6.07) is 8.04. The molecule has 2 aliphatic rings. The van der Waals surface area contributed by atoms with Crippen molar-refractivity contribution in [2.24, 2.45) is 4.99 Å². The van der Waals surface area contributed by atoms with Crippen LogP contribution in [0.25, 0.3) is 0 Å². The van der Waals surface area contributed by atoms with Crippen LogP contribution in [0.15, 0.2) is 29.3 Å². The Morgan fingerprint density at radius 1 is 1.26 bits per heavy atom. The summed E-state index contributed by atoms with van der Waals surface area (Å²) in [5, 5.41) is 7.15. The lowest BCUT2D eigenvalue weighted by atomic mass is 9.95. The van der Waals surface area contributed by atoms with E-state index in [1.807, 2.05) is 31.2 Å². The number of aliphatic imine (C=N–C) groups is 1. The van der Waals surface area contributed by atoms with E-state index >= 15 is 0 Å². The van der Waals surface area contributed by atoms with Crippen molar-refractivity contribution in [2.75, 3.05) is 25.4 Å². The SMILES string of the molecule is CCNC(=NCC1COc2ccccc2O1)NC1CCCC(S(=O)CC)C1. The first kappa shape index (κ1) is 20.0. The first-order valence-electron chi connectivity index (χ1n) is 10.00. The summed E-state index contributed by atoms with van der Waals surface area (Å²) in [6.45, 7) is 5.89. The maximum absolute atomic E-state index is 12.2. The standard InChI is InChI=1S/C20H31N3O3S/c1-3-21-20(23-15-8-7-9-17(12-15)27(24)4-2)22-13-16-14-25-18-10-5-6-11-19(18)26-16/h5-6,10-11,15-17H,3-4,7-9,12-14H2,1-2H3,(H2,21,22,23). The normalized spacial score (nSPS) is 26.3. The molecule has 3 rings (SSSR count). The first-order valence-corrected chi connectivity index (χ1v) is 11.4. The van der Waals surface area contributed by atoms with E-state index in [1.54, 1.807) is 0 Å². The average molecular weight is 394 g/mol. The predicted molar refractivity (Wildman–Crippen MR) is 110 cm³/mol. The number of ether oxygens (including phenoxy) is 2. The molecule has 7 heteroatoms. The molecule has 0 radical (unpaired) electrons. The van der Waals surface area contributed by atoms with E-state index in [0.29, 0.717) is 24.4 Å². The highest BCUT2D eigenvalue weighted by Gasteiger charge is 2.26. The lowest BCUT2D eigenvalue weighted by Gasteiger charge is -2.30. The van der Waals surface area contributed by atoms with E-state index in [4.69, 9.17) is 14.5 Å². The van der Waals surface area contributed by atoms with Crippen LogP contribution in [0, 0.1) is 0 Å². The lowest BCUT2D eigenvalue weighted by Crippen LogP contribution is -2.47. The second-order valence-electron chi connectivity index (χ2n) is 7.02. The topological polar surface area (TPSA) is 72.0 Å². The monoisotopic (exact) mass is 393 g/mol. The van der Waals surface area contributed by atoms with Crippen LogP contribution in [-0.2, 0) is 10.8 Å². The molecule has 0 amide bonds. The molecule has 1 aliphatic carbocycles. The number of guanidine groups is 1. The third-order valence-corrected chi connectivity index (χ3v) is 6.73. The Kier molecular flexibility index (Phi) is 7.38. The summed E-state index contributed by atoms with van der Waals surface area (Å²) >= 11 is 0. The molecule has 6 nitrogen and oxygen atoms in total. The molecule has 0 spiro atoms. The van der Waals surface area contributed by atoms with Crippen LogP contribution in [0.1, 0.15) is 39.5 Å². The number of nitrogens with one attached hydrogen (secondary N) is 2. The van der Waals surface area contributed by atoms with Crippen LogP contribution in [0.2, 0.25) is 0 Å². The Morgan fingerprint density at radius 3 is 2.85 bits per heavy atom. The number of nitrogens with zero attached hydrogens (tertiary/aromatic N) is 1. The van der Waals surface area contributed by atoms with Gasteiger partial charge in [0.2, 0.25) is 0 Å². The number of para-hydroxylation sites is 2. The zero-order valence-corrected chi connectivity index (χ0v) is 17.1. The molecule has 4 atom stereocenters. The summed E-state index contributed by atoms with van der Waals surface area (Å²) in [4.78, 5) is 4.71. The Hall–Kier alpha value is -1.76. The van der Waals surface area contributed by atoms with Gasteiger partial charge in [-0.25, -0.2) is 4.99 Å².